The molecule has 1 saturated carbocycles. The van der Waals surface area contributed by atoms with Gasteiger partial charge in [-0.15, -0.1) is 0 Å². The second-order valence-electron chi connectivity index (χ2n) is 5.49. The first kappa shape index (κ1) is 15.7. The van der Waals surface area contributed by atoms with Gasteiger partial charge in [0.2, 0.25) is 0 Å². The predicted molar refractivity (Wildman–Crippen MR) is 84.0 cm³/mol. The molecule has 17 heavy (non-hydrogen) atoms. The van der Waals surface area contributed by atoms with Crippen molar-refractivity contribution in [2.45, 2.75) is 83.2 Å². The molecule has 1 aliphatic rings. The summed E-state index contributed by atoms with van der Waals surface area (Å²) in [4.78, 5) is 0. The second kappa shape index (κ2) is 9.60. The molecule has 0 atom stereocenters. The third-order valence-corrected chi connectivity index (χ3v) is 5.30. The van der Waals surface area contributed by atoms with Crippen LogP contribution in [0.25, 0.3) is 0 Å². The standard InChI is InChI=1S/C15H29IO/c1-2-3-4-5-6-10-13-17-15(14-16)11-8-7-9-12-15/h2-14H2,1H3. The van der Waals surface area contributed by atoms with E-state index in [0.717, 1.165) is 6.61 Å². The maximum atomic E-state index is 6.22. The first-order valence-electron chi connectivity index (χ1n) is 7.53. The average Bonchev–Trinajstić information content (AvgIpc) is 2.39. The van der Waals surface area contributed by atoms with Crippen molar-refractivity contribution in [3.8, 4) is 0 Å². The van der Waals surface area contributed by atoms with Crippen LogP contribution in [0.4, 0.5) is 0 Å². The Bertz CT molecular complexity index is 176. The zero-order chi connectivity index (χ0) is 12.4. The highest BCUT2D eigenvalue weighted by Gasteiger charge is 2.31. The van der Waals surface area contributed by atoms with Gasteiger partial charge in [-0.25, -0.2) is 0 Å². The monoisotopic (exact) mass is 352 g/mol. The highest BCUT2D eigenvalue weighted by Crippen LogP contribution is 2.33. The number of halogens is 1. The lowest BCUT2D eigenvalue weighted by Gasteiger charge is -2.35. The molecular formula is C15H29IO. The van der Waals surface area contributed by atoms with Gasteiger partial charge in [0.1, 0.15) is 0 Å². The van der Waals surface area contributed by atoms with Gasteiger partial charge in [-0.3, -0.25) is 0 Å². The lowest BCUT2D eigenvalue weighted by molar-refractivity contribution is -0.0515. The zero-order valence-corrected chi connectivity index (χ0v) is 13.6. The van der Waals surface area contributed by atoms with Crippen molar-refractivity contribution < 1.29 is 4.74 Å². The van der Waals surface area contributed by atoms with E-state index in [0.29, 0.717) is 0 Å². The lowest BCUT2D eigenvalue weighted by Crippen LogP contribution is -2.37. The molecular weight excluding hydrogens is 323 g/mol. The third kappa shape index (κ3) is 6.42. The molecule has 0 aromatic rings. The lowest BCUT2D eigenvalue weighted by atomic mass is 9.86. The van der Waals surface area contributed by atoms with Gasteiger partial charge in [-0.05, 0) is 19.3 Å². The van der Waals surface area contributed by atoms with Crippen molar-refractivity contribution in [1.82, 2.24) is 0 Å². The zero-order valence-electron chi connectivity index (χ0n) is 11.5. The van der Waals surface area contributed by atoms with Gasteiger partial charge in [-0.2, -0.15) is 0 Å². The minimum atomic E-state index is 0.252. The Labute approximate surface area is 121 Å². The van der Waals surface area contributed by atoms with E-state index in [-0.39, 0.29) is 5.60 Å². The highest BCUT2D eigenvalue weighted by molar-refractivity contribution is 14.1. The molecule has 0 amide bonds. The van der Waals surface area contributed by atoms with Gasteiger partial charge >= 0.3 is 0 Å². The van der Waals surface area contributed by atoms with Crippen molar-refractivity contribution >= 4 is 22.6 Å². The Balaban J connectivity index is 2.03. The molecule has 1 rings (SSSR count). The third-order valence-electron chi connectivity index (χ3n) is 3.91. The number of ether oxygens (including phenoxy) is 1. The summed E-state index contributed by atoms with van der Waals surface area (Å²) in [5, 5.41) is 0. The largest absolute Gasteiger partial charge is 0.374 e. The van der Waals surface area contributed by atoms with Crippen LogP contribution in [-0.2, 0) is 4.74 Å². The van der Waals surface area contributed by atoms with E-state index in [1.165, 1.54) is 75.1 Å². The van der Waals surface area contributed by atoms with E-state index < -0.39 is 0 Å². The molecule has 0 bridgehead atoms. The van der Waals surface area contributed by atoms with Crippen LogP contribution in [-0.4, -0.2) is 16.6 Å². The van der Waals surface area contributed by atoms with Crippen molar-refractivity contribution in [2.24, 2.45) is 0 Å². The second-order valence-corrected chi connectivity index (χ2v) is 6.26. The molecule has 0 spiro atoms. The Morgan fingerprint density at radius 1 is 0.941 bits per heavy atom. The fourth-order valence-electron chi connectivity index (χ4n) is 2.68. The molecule has 0 radical (unpaired) electrons. The van der Waals surface area contributed by atoms with Crippen molar-refractivity contribution in [1.29, 1.82) is 0 Å². The van der Waals surface area contributed by atoms with Crippen LogP contribution in [0, 0.1) is 0 Å². The Hall–Kier alpha value is 0.690. The quantitative estimate of drug-likeness (QED) is 0.302. The fraction of sp³-hybridized carbons (Fsp3) is 1.00. The molecule has 0 heterocycles. The Morgan fingerprint density at radius 2 is 1.59 bits per heavy atom. The molecule has 0 aliphatic heterocycles. The van der Waals surface area contributed by atoms with Gasteiger partial charge in [0.15, 0.2) is 0 Å². The van der Waals surface area contributed by atoms with Gasteiger partial charge in [0.05, 0.1) is 5.60 Å². The van der Waals surface area contributed by atoms with Crippen LogP contribution in [0.1, 0.15) is 77.6 Å². The van der Waals surface area contributed by atoms with E-state index >= 15 is 0 Å². The van der Waals surface area contributed by atoms with Crippen molar-refractivity contribution in [2.75, 3.05) is 11.0 Å². The van der Waals surface area contributed by atoms with E-state index in [4.69, 9.17) is 4.74 Å². The smallest absolute Gasteiger partial charge is 0.0771 e. The summed E-state index contributed by atoms with van der Waals surface area (Å²) in [7, 11) is 0. The SMILES string of the molecule is CCCCCCCCOC1(CI)CCCCC1. The van der Waals surface area contributed by atoms with Gasteiger partial charge in [-0.1, -0.05) is 80.9 Å². The molecule has 0 unspecified atom stereocenters. The minimum Gasteiger partial charge on any atom is -0.374 e. The van der Waals surface area contributed by atoms with Gasteiger partial charge in [0, 0.05) is 11.0 Å². The van der Waals surface area contributed by atoms with Crippen LogP contribution < -0.4 is 0 Å². The molecule has 1 fully saturated rings. The van der Waals surface area contributed by atoms with Gasteiger partial charge in [0.25, 0.3) is 0 Å². The molecule has 0 aromatic heterocycles. The van der Waals surface area contributed by atoms with E-state index in [1.807, 2.05) is 0 Å². The normalized spacial score (nSPS) is 19.4. The van der Waals surface area contributed by atoms with Crippen molar-refractivity contribution in [3.05, 3.63) is 0 Å². The van der Waals surface area contributed by atoms with Crippen LogP contribution in [0.5, 0.6) is 0 Å². The van der Waals surface area contributed by atoms with Crippen molar-refractivity contribution in [3.63, 3.8) is 0 Å². The van der Waals surface area contributed by atoms with E-state index in [9.17, 15) is 0 Å². The van der Waals surface area contributed by atoms with Crippen LogP contribution in [0.2, 0.25) is 0 Å². The first-order valence-corrected chi connectivity index (χ1v) is 9.05. The van der Waals surface area contributed by atoms with Gasteiger partial charge < -0.3 is 4.74 Å². The van der Waals surface area contributed by atoms with Crippen LogP contribution in [0.3, 0.4) is 0 Å². The number of alkyl halides is 1. The minimum absolute atomic E-state index is 0.252. The van der Waals surface area contributed by atoms with E-state index in [2.05, 4.69) is 29.5 Å². The summed E-state index contributed by atoms with van der Waals surface area (Å²) in [6.07, 6.45) is 14.9. The maximum absolute atomic E-state index is 6.22. The summed E-state index contributed by atoms with van der Waals surface area (Å²) in [5.41, 5.74) is 0.252. The number of unbranched alkanes of at least 4 members (excludes halogenated alkanes) is 5. The first-order chi connectivity index (χ1) is 8.33. The maximum Gasteiger partial charge on any atom is 0.0771 e. The Kier molecular flexibility index (Phi) is 8.89. The van der Waals surface area contributed by atoms with Crippen LogP contribution in [0.15, 0.2) is 0 Å². The molecule has 102 valence electrons. The topological polar surface area (TPSA) is 9.23 Å². The number of rotatable bonds is 9. The summed E-state index contributed by atoms with van der Waals surface area (Å²) in [5.74, 6) is 0. The fourth-order valence-corrected chi connectivity index (χ4v) is 3.67. The number of hydrogen-bond acceptors (Lipinski definition) is 1. The van der Waals surface area contributed by atoms with E-state index in [1.54, 1.807) is 0 Å². The summed E-state index contributed by atoms with van der Waals surface area (Å²) >= 11 is 2.51. The summed E-state index contributed by atoms with van der Waals surface area (Å²) in [6, 6.07) is 0. The summed E-state index contributed by atoms with van der Waals surface area (Å²) in [6.45, 7) is 3.27. The molecule has 0 saturated heterocycles. The predicted octanol–water partition coefficient (Wildman–Crippen LogP) is 5.50. The van der Waals surface area contributed by atoms with Crippen LogP contribution >= 0.6 is 22.6 Å². The summed E-state index contributed by atoms with van der Waals surface area (Å²) < 4.78 is 7.40. The molecule has 2 heteroatoms. The average molecular weight is 352 g/mol. The highest BCUT2D eigenvalue weighted by atomic mass is 127. The Morgan fingerprint density at radius 3 is 2.24 bits per heavy atom. The molecule has 1 nitrogen and oxygen atoms in total. The molecule has 0 N–H and O–H groups in total. The number of hydrogen-bond donors (Lipinski definition) is 0. The molecule has 0 aromatic carbocycles. The molecule has 1 aliphatic carbocycles.